The van der Waals surface area contributed by atoms with Gasteiger partial charge in [0.15, 0.2) is 0 Å². The minimum absolute atomic E-state index is 0.0787. The van der Waals surface area contributed by atoms with Crippen molar-refractivity contribution in [2.24, 2.45) is 0 Å². The molecule has 0 bridgehead atoms. The molecule has 0 heterocycles. The van der Waals surface area contributed by atoms with Crippen LogP contribution in [0.5, 0.6) is 0 Å². The minimum Gasteiger partial charge on any atom is -0.463 e. The van der Waals surface area contributed by atoms with Gasteiger partial charge in [0, 0.05) is 6.92 Å². The zero-order valence-corrected chi connectivity index (χ0v) is 6.97. The lowest BCUT2D eigenvalue weighted by Gasteiger charge is -2.19. The fourth-order valence-corrected chi connectivity index (χ4v) is 0.406. The number of carbonyl (C=O) groups excluding carboxylic acids is 1. The second-order valence-electron chi connectivity index (χ2n) is 2.47. The van der Waals surface area contributed by atoms with Crippen LogP contribution in [0.25, 0.3) is 0 Å². The van der Waals surface area contributed by atoms with Crippen LogP contribution in [0.1, 0.15) is 13.8 Å². The molecule has 0 aromatic heterocycles. The van der Waals surface area contributed by atoms with E-state index in [0.717, 1.165) is 0 Å². The maximum Gasteiger partial charge on any atom is 0.302 e. The second kappa shape index (κ2) is 3.94. The van der Waals surface area contributed by atoms with E-state index in [0.29, 0.717) is 0 Å². The summed E-state index contributed by atoms with van der Waals surface area (Å²) in [4.78, 5) is 10.4. The molecule has 0 saturated carbocycles. The SMILES string of the molecule is CNC(C)(C#N)COC(C)=O. The van der Waals surface area contributed by atoms with Crippen LogP contribution in [0.15, 0.2) is 0 Å². The van der Waals surface area contributed by atoms with Crippen molar-refractivity contribution in [2.75, 3.05) is 13.7 Å². The van der Waals surface area contributed by atoms with Gasteiger partial charge in [0.1, 0.15) is 12.1 Å². The Kier molecular flexibility index (Phi) is 3.55. The molecule has 0 aliphatic rings. The van der Waals surface area contributed by atoms with Gasteiger partial charge in [-0.1, -0.05) is 0 Å². The van der Waals surface area contributed by atoms with Crippen LogP contribution in [0.4, 0.5) is 0 Å². The average Bonchev–Trinajstić information content (AvgIpc) is 2.00. The molecule has 62 valence electrons. The highest BCUT2D eigenvalue weighted by Crippen LogP contribution is 2.00. The molecule has 0 aliphatic carbocycles. The van der Waals surface area contributed by atoms with E-state index in [2.05, 4.69) is 10.1 Å². The summed E-state index contributed by atoms with van der Waals surface area (Å²) in [5.41, 5.74) is -0.772. The van der Waals surface area contributed by atoms with E-state index in [1.165, 1.54) is 6.92 Å². The maximum absolute atomic E-state index is 10.4. The third kappa shape index (κ3) is 3.58. The monoisotopic (exact) mass is 156 g/mol. The van der Waals surface area contributed by atoms with E-state index in [1.807, 2.05) is 6.07 Å². The zero-order chi connectivity index (χ0) is 8.91. The normalized spacial score (nSPS) is 14.7. The van der Waals surface area contributed by atoms with Gasteiger partial charge in [0.05, 0.1) is 6.07 Å². The molecule has 4 heteroatoms. The van der Waals surface area contributed by atoms with Crippen LogP contribution in [0.2, 0.25) is 0 Å². The summed E-state index contributed by atoms with van der Waals surface area (Å²) in [7, 11) is 1.65. The summed E-state index contributed by atoms with van der Waals surface area (Å²) >= 11 is 0. The summed E-state index contributed by atoms with van der Waals surface area (Å²) in [5, 5.41) is 11.3. The molecule has 11 heavy (non-hydrogen) atoms. The van der Waals surface area contributed by atoms with Crippen molar-refractivity contribution in [1.29, 1.82) is 5.26 Å². The first-order valence-corrected chi connectivity index (χ1v) is 3.27. The summed E-state index contributed by atoms with van der Waals surface area (Å²) in [5.74, 6) is -0.373. The second-order valence-corrected chi connectivity index (χ2v) is 2.47. The van der Waals surface area contributed by atoms with Crippen molar-refractivity contribution in [1.82, 2.24) is 5.32 Å². The fraction of sp³-hybridized carbons (Fsp3) is 0.714. The highest BCUT2D eigenvalue weighted by Gasteiger charge is 2.22. The van der Waals surface area contributed by atoms with Gasteiger partial charge in [-0.05, 0) is 14.0 Å². The molecule has 0 saturated heterocycles. The van der Waals surface area contributed by atoms with Gasteiger partial charge in [-0.15, -0.1) is 0 Å². The Labute approximate surface area is 66.1 Å². The lowest BCUT2D eigenvalue weighted by Crippen LogP contribution is -2.43. The third-order valence-corrected chi connectivity index (χ3v) is 1.36. The van der Waals surface area contributed by atoms with Crippen LogP contribution in [0.3, 0.4) is 0 Å². The highest BCUT2D eigenvalue weighted by molar-refractivity contribution is 5.66. The van der Waals surface area contributed by atoms with Gasteiger partial charge in [0.25, 0.3) is 0 Å². The van der Waals surface area contributed by atoms with Crippen molar-refractivity contribution in [2.45, 2.75) is 19.4 Å². The quantitative estimate of drug-likeness (QED) is 0.586. The molecule has 4 nitrogen and oxygen atoms in total. The molecule has 0 rings (SSSR count). The molecular formula is C7H12N2O2. The predicted molar refractivity (Wildman–Crippen MR) is 39.7 cm³/mol. The molecule has 1 atom stereocenters. The average molecular weight is 156 g/mol. The number of nitriles is 1. The van der Waals surface area contributed by atoms with Gasteiger partial charge in [-0.3, -0.25) is 10.1 Å². The Bertz CT molecular complexity index is 185. The van der Waals surface area contributed by atoms with Gasteiger partial charge in [-0.25, -0.2) is 0 Å². The van der Waals surface area contributed by atoms with E-state index >= 15 is 0 Å². The minimum atomic E-state index is -0.772. The first-order chi connectivity index (χ1) is 5.04. The molecule has 0 spiro atoms. The van der Waals surface area contributed by atoms with Crippen molar-refractivity contribution < 1.29 is 9.53 Å². The lowest BCUT2D eigenvalue weighted by atomic mass is 10.1. The van der Waals surface area contributed by atoms with E-state index in [1.54, 1.807) is 14.0 Å². The number of ether oxygens (including phenoxy) is 1. The zero-order valence-electron chi connectivity index (χ0n) is 6.97. The molecule has 0 fully saturated rings. The molecule has 1 N–H and O–H groups in total. The first kappa shape index (κ1) is 9.92. The van der Waals surface area contributed by atoms with E-state index in [9.17, 15) is 4.79 Å². The topological polar surface area (TPSA) is 62.1 Å². The van der Waals surface area contributed by atoms with Crippen LogP contribution < -0.4 is 5.32 Å². The number of hydrogen-bond donors (Lipinski definition) is 1. The molecular weight excluding hydrogens is 144 g/mol. The van der Waals surface area contributed by atoms with Crippen molar-refractivity contribution in [3.05, 3.63) is 0 Å². The van der Waals surface area contributed by atoms with Crippen LogP contribution in [0, 0.1) is 11.3 Å². The number of rotatable bonds is 3. The van der Waals surface area contributed by atoms with Crippen LogP contribution in [-0.2, 0) is 9.53 Å². The first-order valence-electron chi connectivity index (χ1n) is 3.27. The van der Waals surface area contributed by atoms with E-state index in [4.69, 9.17) is 5.26 Å². The maximum atomic E-state index is 10.4. The van der Waals surface area contributed by atoms with Gasteiger partial charge in [0.2, 0.25) is 0 Å². The fourth-order valence-electron chi connectivity index (χ4n) is 0.406. The standard InChI is InChI=1S/C7H12N2O2/c1-6(10)11-5-7(2,4-8)9-3/h9H,5H2,1-3H3. The Balaban J connectivity index is 3.91. The third-order valence-electron chi connectivity index (χ3n) is 1.36. The number of nitrogens with one attached hydrogen (secondary N) is 1. The van der Waals surface area contributed by atoms with Gasteiger partial charge < -0.3 is 4.74 Å². The van der Waals surface area contributed by atoms with Gasteiger partial charge >= 0.3 is 5.97 Å². The van der Waals surface area contributed by atoms with E-state index < -0.39 is 5.54 Å². The largest absolute Gasteiger partial charge is 0.463 e. The number of esters is 1. The van der Waals surface area contributed by atoms with Crippen molar-refractivity contribution in [3.63, 3.8) is 0 Å². The molecule has 0 amide bonds. The van der Waals surface area contributed by atoms with Gasteiger partial charge in [-0.2, -0.15) is 5.26 Å². The Morgan fingerprint density at radius 1 is 1.82 bits per heavy atom. The van der Waals surface area contributed by atoms with E-state index in [-0.39, 0.29) is 12.6 Å². The predicted octanol–water partition coefficient (Wildman–Crippen LogP) is 0.0512. The number of nitrogens with zero attached hydrogens (tertiary/aromatic N) is 1. The number of likely N-dealkylation sites (N-methyl/N-ethyl adjacent to an activating group) is 1. The van der Waals surface area contributed by atoms with Crippen LogP contribution in [-0.4, -0.2) is 25.2 Å². The molecule has 0 radical (unpaired) electrons. The summed E-state index contributed by atoms with van der Waals surface area (Å²) in [6, 6.07) is 2.00. The van der Waals surface area contributed by atoms with Crippen LogP contribution >= 0.6 is 0 Å². The summed E-state index contributed by atoms with van der Waals surface area (Å²) < 4.78 is 4.66. The highest BCUT2D eigenvalue weighted by atomic mass is 16.5. The smallest absolute Gasteiger partial charge is 0.302 e. The summed E-state index contributed by atoms with van der Waals surface area (Å²) in [6.45, 7) is 3.05. The number of carbonyl (C=O) groups is 1. The molecule has 1 unspecified atom stereocenters. The Morgan fingerprint density at radius 3 is 2.64 bits per heavy atom. The van der Waals surface area contributed by atoms with Crippen molar-refractivity contribution >= 4 is 5.97 Å². The lowest BCUT2D eigenvalue weighted by molar-refractivity contribution is -0.142. The Hall–Kier alpha value is -1.08. The molecule has 0 aromatic rings. The Morgan fingerprint density at radius 2 is 2.36 bits per heavy atom. The number of hydrogen-bond acceptors (Lipinski definition) is 4. The van der Waals surface area contributed by atoms with Crippen molar-refractivity contribution in [3.8, 4) is 6.07 Å². The molecule has 0 aliphatic heterocycles. The summed E-state index contributed by atoms with van der Waals surface area (Å²) in [6.07, 6.45) is 0. The molecule has 0 aromatic carbocycles.